The van der Waals surface area contributed by atoms with Crippen LogP contribution in [-0.4, -0.2) is 35.1 Å². The molecule has 0 radical (unpaired) electrons. The van der Waals surface area contributed by atoms with Crippen molar-refractivity contribution in [2.45, 2.75) is 25.8 Å². The Labute approximate surface area is 153 Å². The first kappa shape index (κ1) is 17.0. The lowest BCUT2D eigenvalue weighted by molar-refractivity contribution is 0.174. The van der Waals surface area contributed by atoms with Crippen molar-refractivity contribution in [3.05, 3.63) is 59.7 Å². The van der Waals surface area contributed by atoms with Gasteiger partial charge in [-0.15, -0.1) is 0 Å². The molecular weight excluding hydrogens is 329 g/mol. The highest BCUT2D eigenvalue weighted by atomic mass is 19.1. The Balaban J connectivity index is 1.32. The lowest BCUT2D eigenvalue weighted by atomic mass is 9.90. The Morgan fingerprint density at radius 1 is 1.15 bits per heavy atom. The van der Waals surface area contributed by atoms with Crippen molar-refractivity contribution in [1.82, 2.24) is 14.9 Å². The second-order valence-electron chi connectivity index (χ2n) is 7.12. The lowest BCUT2D eigenvalue weighted by Gasteiger charge is -2.31. The predicted octanol–water partition coefficient (Wildman–Crippen LogP) is 4.17. The summed E-state index contributed by atoms with van der Waals surface area (Å²) in [6.45, 7) is 3.00. The molecule has 0 aliphatic carbocycles. The third-order valence-corrected chi connectivity index (χ3v) is 5.26. The molecule has 0 atom stereocenters. The van der Waals surface area contributed by atoms with Gasteiger partial charge in [-0.3, -0.25) is 4.90 Å². The van der Waals surface area contributed by atoms with Crippen LogP contribution in [0.25, 0.3) is 11.0 Å². The fourth-order valence-corrected chi connectivity index (χ4v) is 3.76. The summed E-state index contributed by atoms with van der Waals surface area (Å²) in [5, 5.41) is 0. The number of nitrogens with one attached hydrogen (secondary N) is 1. The van der Waals surface area contributed by atoms with Crippen LogP contribution in [-0.2, 0) is 13.0 Å². The summed E-state index contributed by atoms with van der Waals surface area (Å²) in [7, 11) is 1.68. The number of benzene rings is 2. The van der Waals surface area contributed by atoms with Crippen LogP contribution in [0.2, 0.25) is 0 Å². The molecule has 1 aliphatic heterocycles. The molecule has 4 nitrogen and oxygen atoms in total. The topological polar surface area (TPSA) is 41.1 Å². The van der Waals surface area contributed by atoms with Gasteiger partial charge in [0.05, 0.1) is 24.7 Å². The molecule has 1 aliphatic rings. The van der Waals surface area contributed by atoms with E-state index in [2.05, 4.69) is 14.9 Å². The van der Waals surface area contributed by atoms with Crippen LogP contribution < -0.4 is 4.74 Å². The summed E-state index contributed by atoms with van der Waals surface area (Å²) >= 11 is 0. The Hall–Kier alpha value is -2.40. The largest absolute Gasteiger partial charge is 0.497 e. The number of hydrogen-bond acceptors (Lipinski definition) is 3. The Bertz CT molecular complexity index is 867. The number of imidazole rings is 1. The number of methoxy groups -OCH3 is 1. The van der Waals surface area contributed by atoms with Crippen LogP contribution in [0.1, 0.15) is 24.2 Å². The summed E-state index contributed by atoms with van der Waals surface area (Å²) in [4.78, 5) is 10.5. The predicted molar refractivity (Wildman–Crippen MR) is 101 cm³/mol. The summed E-state index contributed by atoms with van der Waals surface area (Å²) in [5.74, 6) is 2.36. The fraction of sp³-hybridized carbons (Fsp3) is 0.381. The number of hydrogen-bond donors (Lipinski definition) is 1. The molecule has 0 unspecified atom stereocenters. The zero-order valence-corrected chi connectivity index (χ0v) is 15.0. The van der Waals surface area contributed by atoms with Crippen molar-refractivity contribution in [2.75, 3.05) is 20.2 Å². The van der Waals surface area contributed by atoms with Crippen molar-refractivity contribution in [3.8, 4) is 5.75 Å². The van der Waals surface area contributed by atoms with Crippen LogP contribution >= 0.6 is 0 Å². The number of halogens is 1. The first-order valence-electron chi connectivity index (χ1n) is 9.19. The van der Waals surface area contributed by atoms with Crippen LogP contribution in [0.4, 0.5) is 4.39 Å². The van der Waals surface area contributed by atoms with E-state index in [1.807, 2.05) is 30.3 Å². The molecule has 0 amide bonds. The van der Waals surface area contributed by atoms with Gasteiger partial charge >= 0.3 is 0 Å². The Morgan fingerprint density at radius 2 is 1.92 bits per heavy atom. The maximum absolute atomic E-state index is 13.0. The minimum Gasteiger partial charge on any atom is -0.497 e. The van der Waals surface area contributed by atoms with Crippen molar-refractivity contribution < 1.29 is 9.13 Å². The SMILES string of the molecule is COc1ccc2nc(CN3CCC(Cc4ccc(F)cc4)CC3)[nH]c2c1. The minimum absolute atomic E-state index is 0.160. The highest BCUT2D eigenvalue weighted by Crippen LogP contribution is 2.24. The van der Waals surface area contributed by atoms with Gasteiger partial charge in [0.1, 0.15) is 17.4 Å². The van der Waals surface area contributed by atoms with E-state index in [1.54, 1.807) is 19.2 Å². The third-order valence-electron chi connectivity index (χ3n) is 5.26. The maximum Gasteiger partial charge on any atom is 0.123 e. The number of nitrogens with zero attached hydrogens (tertiary/aromatic N) is 2. The number of ether oxygens (including phenoxy) is 1. The first-order chi connectivity index (χ1) is 12.7. The van der Waals surface area contributed by atoms with Crippen molar-refractivity contribution in [1.29, 1.82) is 0 Å². The normalized spacial score (nSPS) is 16.2. The van der Waals surface area contributed by atoms with Gasteiger partial charge in [0, 0.05) is 6.07 Å². The molecule has 1 aromatic heterocycles. The summed E-state index contributed by atoms with van der Waals surface area (Å²) in [6.07, 6.45) is 3.38. The van der Waals surface area contributed by atoms with Gasteiger partial charge in [0.2, 0.25) is 0 Å². The molecule has 1 saturated heterocycles. The second kappa shape index (κ2) is 7.46. The molecular formula is C21H24FN3O. The molecule has 1 fully saturated rings. The number of fused-ring (bicyclic) bond motifs is 1. The molecule has 4 rings (SSSR count). The van der Waals surface area contributed by atoms with E-state index >= 15 is 0 Å². The zero-order chi connectivity index (χ0) is 17.9. The van der Waals surface area contributed by atoms with E-state index in [1.165, 1.54) is 18.4 Å². The van der Waals surface area contributed by atoms with Crippen LogP contribution in [0.3, 0.4) is 0 Å². The van der Waals surface area contributed by atoms with E-state index in [0.717, 1.165) is 48.7 Å². The molecule has 1 N–H and O–H groups in total. The highest BCUT2D eigenvalue weighted by Gasteiger charge is 2.20. The minimum atomic E-state index is -0.160. The highest BCUT2D eigenvalue weighted by molar-refractivity contribution is 5.76. The third kappa shape index (κ3) is 3.88. The van der Waals surface area contributed by atoms with Gasteiger partial charge in [-0.2, -0.15) is 0 Å². The van der Waals surface area contributed by atoms with E-state index in [0.29, 0.717) is 5.92 Å². The van der Waals surface area contributed by atoms with Crippen molar-refractivity contribution in [2.24, 2.45) is 5.92 Å². The summed E-state index contributed by atoms with van der Waals surface area (Å²) < 4.78 is 18.3. The van der Waals surface area contributed by atoms with Crippen LogP contribution in [0.5, 0.6) is 5.75 Å². The quantitative estimate of drug-likeness (QED) is 0.749. The number of aromatic amines is 1. The lowest BCUT2D eigenvalue weighted by Crippen LogP contribution is -2.34. The van der Waals surface area contributed by atoms with Gasteiger partial charge in [0.25, 0.3) is 0 Å². The molecule has 0 saturated carbocycles. The van der Waals surface area contributed by atoms with E-state index < -0.39 is 0 Å². The van der Waals surface area contributed by atoms with Gasteiger partial charge < -0.3 is 9.72 Å². The molecule has 0 spiro atoms. The molecule has 0 bridgehead atoms. The number of likely N-dealkylation sites (tertiary alicyclic amines) is 1. The Morgan fingerprint density at radius 3 is 2.65 bits per heavy atom. The van der Waals surface area contributed by atoms with Crippen molar-refractivity contribution in [3.63, 3.8) is 0 Å². The van der Waals surface area contributed by atoms with E-state index in [4.69, 9.17) is 4.74 Å². The van der Waals surface area contributed by atoms with Gasteiger partial charge in [-0.1, -0.05) is 12.1 Å². The molecule has 136 valence electrons. The zero-order valence-electron chi connectivity index (χ0n) is 15.0. The van der Waals surface area contributed by atoms with E-state index in [9.17, 15) is 4.39 Å². The average molecular weight is 353 g/mol. The standard InChI is InChI=1S/C21H24FN3O/c1-26-18-6-7-19-20(13-18)24-21(23-19)14-25-10-8-16(9-11-25)12-15-2-4-17(22)5-3-15/h2-7,13,16H,8-12,14H2,1H3,(H,23,24). The molecule has 5 heteroatoms. The monoisotopic (exact) mass is 353 g/mol. The molecule has 26 heavy (non-hydrogen) atoms. The fourth-order valence-electron chi connectivity index (χ4n) is 3.76. The maximum atomic E-state index is 13.0. The van der Waals surface area contributed by atoms with Gasteiger partial charge in [0.15, 0.2) is 0 Å². The molecule has 2 aromatic carbocycles. The van der Waals surface area contributed by atoms with Crippen LogP contribution in [0.15, 0.2) is 42.5 Å². The van der Waals surface area contributed by atoms with Crippen molar-refractivity contribution >= 4 is 11.0 Å². The van der Waals surface area contributed by atoms with E-state index in [-0.39, 0.29) is 5.82 Å². The molecule has 2 heterocycles. The summed E-state index contributed by atoms with van der Waals surface area (Å²) in [6, 6.07) is 12.8. The Kier molecular flexibility index (Phi) is 4.89. The van der Waals surface area contributed by atoms with Crippen LogP contribution in [0, 0.1) is 11.7 Å². The second-order valence-corrected chi connectivity index (χ2v) is 7.12. The first-order valence-corrected chi connectivity index (χ1v) is 9.19. The smallest absolute Gasteiger partial charge is 0.123 e. The number of rotatable bonds is 5. The summed E-state index contributed by atoms with van der Waals surface area (Å²) in [5.41, 5.74) is 3.23. The molecule has 3 aromatic rings. The number of piperidine rings is 1. The number of H-pyrrole nitrogens is 1. The number of aromatic nitrogens is 2. The van der Waals surface area contributed by atoms with Gasteiger partial charge in [-0.05, 0) is 68.1 Å². The average Bonchev–Trinajstić information content (AvgIpc) is 3.06. The van der Waals surface area contributed by atoms with Gasteiger partial charge in [-0.25, -0.2) is 9.37 Å².